The Balaban J connectivity index is 2.25. The Morgan fingerprint density at radius 1 is 1.15 bits per heavy atom. The maximum atomic E-state index is 13.0. The van der Waals surface area contributed by atoms with Crippen LogP contribution in [-0.2, 0) is 17.4 Å². The van der Waals surface area contributed by atoms with Crippen LogP contribution >= 0.6 is 0 Å². The van der Waals surface area contributed by atoms with Gasteiger partial charge >= 0.3 is 12.1 Å². The normalized spacial score (nSPS) is 12.3. The molecule has 0 radical (unpaired) electrons. The SMILES string of the molecule is O=C(N[C@H](Cc1ccccc1C(F)(F)F)C(=O)O)c1cccc([N+](=O)[O-])c1. The van der Waals surface area contributed by atoms with Crippen LogP contribution in [0.3, 0.4) is 0 Å². The first-order valence-corrected chi connectivity index (χ1v) is 7.53. The van der Waals surface area contributed by atoms with Crippen LogP contribution in [0, 0.1) is 10.1 Å². The van der Waals surface area contributed by atoms with E-state index in [2.05, 4.69) is 5.32 Å². The minimum atomic E-state index is -4.68. The first-order valence-electron chi connectivity index (χ1n) is 7.53. The fourth-order valence-corrected chi connectivity index (χ4v) is 2.40. The molecule has 0 saturated carbocycles. The smallest absolute Gasteiger partial charge is 0.416 e. The lowest BCUT2D eigenvalue weighted by atomic mass is 9.99. The fourth-order valence-electron chi connectivity index (χ4n) is 2.40. The number of carbonyl (C=O) groups is 2. The molecule has 0 aliphatic carbocycles. The van der Waals surface area contributed by atoms with Crippen molar-refractivity contribution >= 4 is 17.6 Å². The first-order chi connectivity index (χ1) is 12.6. The third-order valence-corrected chi connectivity index (χ3v) is 3.67. The zero-order chi connectivity index (χ0) is 20.2. The second-order valence-electron chi connectivity index (χ2n) is 5.53. The summed E-state index contributed by atoms with van der Waals surface area (Å²) >= 11 is 0. The van der Waals surface area contributed by atoms with Crippen molar-refractivity contribution < 1.29 is 32.8 Å². The van der Waals surface area contributed by atoms with Gasteiger partial charge < -0.3 is 10.4 Å². The van der Waals surface area contributed by atoms with E-state index < -0.39 is 41.0 Å². The van der Waals surface area contributed by atoms with Gasteiger partial charge in [0, 0.05) is 24.1 Å². The van der Waals surface area contributed by atoms with Crippen molar-refractivity contribution in [2.75, 3.05) is 0 Å². The molecular weight excluding hydrogens is 369 g/mol. The number of nitro groups is 1. The van der Waals surface area contributed by atoms with Gasteiger partial charge in [-0.25, -0.2) is 4.79 Å². The molecular formula is C17H13F3N2O5. The zero-order valence-electron chi connectivity index (χ0n) is 13.6. The van der Waals surface area contributed by atoms with Gasteiger partial charge in [-0.3, -0.25) is 14.9 Å². The number of nitro benzene ring substituents is 1. The van der Waals surface area contributed by atoms with Gasteiger partial charge in [0.25, 0.3) is 11.6 Å². The first kappa shape index (κ1) is 19.9. The summed E-state index contributed by atoms with van der Waals surface area (Å²) in [5.41, 5.74) is -1.85. The van der Waals surface area contributed by atoms with E-state index in [1.807, 2.05) is 0 Å². The maximum absolute atomic E-state index is 13.0. The van der Waals surface area contributed by atoms with Crippen LogP contribution in [0.25, 0.3) is 0 Å². The second-order valence-corrected chi connectivity index (χ2v) is 5.53. The van der Waals surface area contributed by atoms with Crippen LogP contribution in [0.1, 0.15) is 21.5 Å². The number of alkyl halides is 3. The minimum Gasteiger partial charge on any atom is -0.480 e. The molecule has 0 aliphatic rings. The van der Waals surface area contributed by atoms with Gasteiger partial charge in [0.05, 0.1) is 10.5 Å². The Labute approximate surface area is 150 Å². The molecule has 2 rings (SSSR count). The van der Waals surface area contributed by atoms with E-state index in [4.69, 9.17) is 0 Å². The van der Waals surface area contributed by atoms with Gasteiger partial charge in [-0.2, -0.15) is 13.2 Å². The van der Waals surface area contributed by atoms with Crippen LogP contribution in [0.4, 0.5) is 18.9 Å². The molecule has 0 bridgehead atoms. The highest BCUT2D eigenvalue weighted by molar-refractivity contribution is 5.97. The van der Waals surface area contributed by atoms with Gasteiger partial charge in [-0.1, -0.05) is 24.3 Å². The predicted octanol–water partition coefficient (Wildman–Crippen LogP) is 3.04. The Bertz CT molecular complexity index is 883. The molecule has 7 nitrogen and oxygen atoms in total. The van der Waals surface area contributed by atoms with Gasteiger partial charge in [-0.15, -0.1) is 0 Å². The van der Waals surface area contributed by atoms with Crippen molar-refractivity contribution in [1.29, 1.82) is 0 Å². The molecule has 0 aliphatic heterocycles. The van der Waals surface area contributed by atoms with Crippen molar-refractivity contribution in [3.63, 3.8) is 0 Å². The number of halogens is 3. The Hall–Kier alpha value is -3.43. The highest BCUT2D eigenvalue weighted by Gasteiger charge is 2.34. The van der Waals surface area contributed by atoms with E-state index in [1.54, 1.807) is 0 Å². The number of nitrogens with one attached hydrogen (secondary N) is 1. The minimum absolute atomic E-state index is 0.181. The number of carboxylic acids is 1. The van der Waals surface area contributed by atoms with Gasteiger partial charge in [0.1, 0.15) is 6.04 Å². The summed E-state index contributed by atoms with van der Waals surface area (Å²) < 4.78 is 39.1. The Morgan fingerprint density at radius 3 is 2.41 bits per heavy atom. The van der Waals surface area contributed by atoms with Crippen LogP contribution in [-0.4, -0.2) is 27.9 Å². The number of carboxylic acid groups (broad SMARTS) is 1. The average molecular weight is 382 g/mol. The lowest BCUT2D eigenvalue weighted by Crippen LogP contribution is -2.42. The molecule has 0 aromatic heterocycles. The van der Waals surface area contributed by atoms with Crippen molar-refractivity contribution in [2.45, 2.75) is 18.6 Å². The van der Waals surface area contributed by atoms with Gasteiger partial charge in [-0.05, 0) is 17.7 Å². The molecule has 1 amide bonds. The highest BCUT2D eigenvalue weighted by Crippen LogP contribution is 2.32. The maximum Gasteiger partial charge on any atom is 0.416 e. The zero-order valence-corrected chi connectivity index (χ0v) is 13.6. The van der Waals surface area contributed by atoms with Crippen molar-refractivity contribution in [1.82, 2.24) is 5.32 Å². The number of nitrogens with zero attached hydrogens (tertiary/aromatic N) is 1. The molecule has 2 aromatic rings. The Kier molecular flexibility index (Phi) is 5.78. The molecule has 142 valence electrons. The summed E-state index contributed by atoms with van der Waals surface area (Å²) in [6.45, 7) is 0. The summed E-state index contributed by atoms with van der Waals surface area (Å²) in [5.74, 6) is -2.48. The largest absolute Gasteiger partial charge is 0.480 e. The van der Waals surface area contributed by atoms with Crippen LogP contribution in [0.2, 0.25) is 0 Å². The molecule has 2 aromatic carbocycles. The van der Waals surface area contributed by atoms with E-state index in [1.165, 1.54) is 24.3 Å². The predicted molar refractivity (Wildman–Crippen MR) is 87.1 cm³/mol. The van der Waals surface area contributed by atoms with Crippen LogP contribution < -0.4 is 5.32 Å². The molecule has 0 spiro atoms. The van der Waals surface area contributed by atoms with Crippen LogP contribution in [0.5, 0.6) is 0 Å². The number of amides is 1. The van der Waals surface area contributed by atoms with Gasteiger partial charge in [0.2, 0.25) is 0 Å². The molecule has 1 atom stereocenters. The van der Waals surface area contributed by atoms with Gasteiger partial charge in [0.15, 0.2) is 0 Å². The lowest BCUT2D eigenvalue weighted by molar-refractivity contribution is -0.384. The third-order valence-electron chi connectivity index (χ3n) is 3.67. The number of rotatable bonds is 6. The van der Waals surface area contributed by atoms with E-state index in [-0.39, 0.29) is 16.8 Å². The molecule has 10 heteroatoms. The third kappa shape index (κ3) is 5.03. The second kappa shape index (κ2) is 7.85. The molecule has 2 N–H and O–H groups in total. The number of non-ortho nitro benzene ring substituents is 1. The number of benzene rings is 2. The lowest BCUT2D eigenvalue weighted by Gasteiger charge is -2.18. The van der Waals surface area contributed by atoms with E-state index in [9.17, 15) is 38.0 Å². The number of hydrogen-bond donors (Lipinski definition) is 2. The van der Waals surface area contributed by atoms with E-state index >= 15 is 0 Å². The summed E-state index contributed by atoms with van der Waals surface area (Å²) in [4.78, 5) is 33.6. The van der Waals surface area contributed by atoms with E-state index in [0.717, 1.165) is 24.3 Å². The molecule has 0 heterocycles. The molecule has 0 saturated heterocycles. The monoisotopic (exact) mass is 382 g/mol. The summed E-state index contributed by atoms with van der Waals surface area (Å²) in [7, 11) is 0. The summed E-state index contributed by atoms with van der Waals surface area (Å²) in [6.07, 6.45) is -5.28. The van der Waals surface area contributed by atoms with E-state index in [0.29, 0.717) is 0 Å². The summed E-state index contributed by atoms with van der Waals surface area (Å²) in [6, 6.07) is 7.33. The topological polar surface area (TPSA) is 110 Å². The van der Waals surface area contributed by atoms with Crippen molar-refractivity contribution in [2.24, 2.45) is 0 Å². The average Bonchev–Trinajstić information content (AvgIpc) is 2.60. The summed E-state index contributed by atoms with van der Waals surface area (Å²) in [5, 5.41) is 22.1. The Morgan fingerprint density at radius 2 is 1.81 bits per heavy atom. The number of hydrogen-bond acceptors (Lipinski definition) is 4. The standard InChI is InChI=1S/C17H13F3N2O5/c18-17(19,20)13-7-2-1-4-10(13)9-14(16(24)25)21-15(23)11-5-3-6-12(8-11)22(26)27/h1-8,14H,9H2,(H,21,23)(H,24,25)/t14-/m1/s1. The van der Waals surface area contributed by atoms with Crippen molar-refractivity contribution in [3.8, 4) is 0 Å². The number of aliphatic carboxylic acids is 1. The molecule has 0 unspecified atom stereocenters. The number of carbonyl (C=O) groups excluding carboxylic acids is 1. The highest BCUT2D eigenvalue weighted by atomic mass is 19.4. The van der Waals surface area contributed by atoms with Crippen molar-refractivity contribution in [3.05, 3.63) is 75.3 Å². The molecule has 0 fully saturated rings. The van der Waals surface area contributed by atoms with Crippen LogP contribution in [0.15, 0.2) is 48.5 Å². The quantitative estimate of drug-likeness (QED) is 0.590. The molecule has 27 heavy (non-hydrogen) atoms. The fraction of sp³-hybridized carbons (Fsp3) is 0.176.